The van der Waals surface area contributed by atoms with Crippen LogP contribution in [0, 0.1) is 40.9 Å². The van der Waals surface area contributed by atoms with Crippen LogP contribution in [0.2, 0.25) is 0 Å². The average molecular weight is 431 g/mol. The maximum absolute atomic E-state index is 12.5. The van der Waals surface area contributed by atoms with E-state index in [0.717, 1.165) is 38.5 Å². The highest BCUT2D eigenvalue weighted by atomic mass is 16.6. The number of hydrogen-bond acceptors (Lipinski definition) is 5. The zero-order chi connectivity index (χ0) is 22.4. The first kappa shape index (κ1) is 22.6. The van der Waals surface area contributed by atoms with Gasteiger partial charge in [-0.25, -0.2) is 4.79 Å². The zero-order valence-electron chi connectivity index (χ0n) is 19.6. The van der Waals surface area contributed by atoms with Gasteiger partial charge >= 0.3 is 11.9 Å². The van der Waals surface area contributed by atoms with E-state index in [1.165, 1.54) is 19.8 Å². The standard InChI is InChI=1S/C26H38O5/c1-5-30-24(29)21-8-9-22-20-7-6-17-14-25(3,31-16(2)28)12-10-18(17)19(20)11-13-26(22,4)23(21)15-27/h17-22H,5-14H2,1-4H3/t17-,18+,19-,20-,21?,22+,25-,26+/m1/s1. The van der Waals surface area contributed by atoms with Gasteiger partial charge in [-0.15, -0.1) is 0 Å². The summed E-state index contributed by atoms with van der Waals surface area (Å²) in [5, 5.41) is 0. The van der Waals surface area contributed by atoms with Gasteiger partial charge in [0.1, 0.15) is 11.5 Å². The summed E-state index contributed by atoms with van der Waals surface area (Å²) in [6, 6.07) is 0. The van der Waals surface area contributed by atoms with E-state index in [1.807, 2.05) is 6.92 Å². The van der Waals surface area contributed by atoms with E-state index in [9.17, 15) is 14.4 Å². The highest BCUT2D eigenvalue weighted by molar-refractivity contribution is 5.80. The number of carbonyl (C=O) groups is 2. The van der Waals surface area contributed by atoms with Gasteiger partial charge in [0.15, 0.2) is 0 Å². The van der Waals surface area contributed by atoms with E-state index in [-0.39, 0.29) is 23.0 Å². The Morgan fingerprint density at radius 3 is 2.42 bits per heavy atom. The second kappa shape index (κ2) is 8.39. The predicted octanol–water partition coefficient (Wildman–Crippen LogP) is 4.90. The molecular formula is C26H38O5. The van der Waals surface area contributed by atoms with E-state index in [0.29, 0.717) is 48.2 Å². The minimum atomic E-state index is -0.411. The molecular weight excluding hydrogens is 392 g/mol. The fourth-order valence-electron chi connectivity index (χ4n) is 8.25. The Hall–Kier alpha value is -1.61. The summed E-state index contributed by atoms with van der Waals surface area (Å²) in [6.45, 7) is 8.00. The summed E-state index contributed by atoms with van der Waals surface area (Å²) in [7, 11) is 0. The van der Waals surface area contributed by atoms with Crippen molar-refractivity contribution >= 4 is 17.9 Å². The molecule has 4 aliphatic rings. The lowest BCUT2D eigenvalue weighted by molar-refractivity contribution is -0.167. The fraction of sp³-hybridized carbons (Fsp3) is 0.846. The highest BCUT2D eigenvalue weighted by Gasteiger charge is 2.58. The van der Waals surface area contributed by atoms with E-state index in [1.54, 1.807) is 0 Å². The zero-order valence-corrected chi connectivity index (χ0v) is 19.6. The average Bonchev–Trinajstić information content (AvgIpc) is 2.71. The van der Waals surface area contributed by atoms with Crippen molar-refractivity contribution in [3.05, 3.63) is 5.57 Å². The summed E-state index contributed by atoms with van der Waals surface area (Å²) >= 11 is 0. The minimum Gasteiger partial charge on any atom is -0.466 e. The molecule has 0 aromatic heterocycles. The third-order valence-corrected chi connectivity index (χ3v) is 9.41. The first-order valence-corrected chi connectivity index (χ1v) is 12.3. The minimum absolute atomic E-state index is 0.172. The van der Waals surface area contributed by atoms with Crippen LogP contribution >= 0.6 is 0 Å². The van der Waals surface area contributed by atoms with E-state index in [2.05, 4.69) is 19.8 Å². The van der Waals surface area contributed by atoms with Gasteiger partial charge in [0.2, 0.25) is 0 Å². The molecule has 0 saturated heterocycles. The quantitative estimate of drug-likeness (QED) is 0.471. The molecule has 4 rings (SSSR count). The van der Waals surface area contributed by atoms with Gasteiger partial charge in [-0.1, -0.05) is 6.92 Å². The van der Waals surface area contributed by atoms with Gasteiger partial charge in [0, 0.05) is 17.9 Å². The van der Waals surface area contributed by atoms with Crippen LogP contribution in [0.1, 0.15) is 85.5 Å². The fourth-order valence-corrected chi connectivity index (χ4v) is 8.25. The SMILES string of the molecule is CCOC(=O)C1CC[C@H]2[C@@H]3CC[C@@H]4C[C@](C)(OC(C)=O)CC[C@@H]4[C@H]3CC[C@]2(C)C1=C=O. The van der Waals surface area contributed by atoms with Crippen molar-refractivity contribution in [3.63, 3.8) is 0 Å². The van der Waals surface area contributed by atoms with Gasteiger partial charge in [0.05, 0.1) is 12.5 Å². The molecule has 8 atom stereocenters. The van der Waals surface area contributed by atoms with Crippen molar-refractivity contribution in [2.45, 2.75) is 91.1 Å². The Morgan fingerprint density at radius 2 is 1.74 bits per heavy atom. The number of ether oxygens (including phenoxy) is 2. The molecule has 1 unspecified atom stereocenters. The predicted molar refractivity (Wildman–Crippen MR) is 117 cm³/mol. The molecule has 0 spiro atoms. The number of hydrogen-bond donors (Lipinski definition) is 0. The Kier molecular flexibility index (Phi) is 6.11. The van der Waals surface area contributed by atoms with Crippen LogP contribution in [0.5, 0.6) is 0 Å². The van der Waals surface area contributed by atoms with Crippen molar-refractivity contribution in [2.24, 2.45) is 40.9 Å². The van der Waals surface area contributed by atoms with Gasteiger partial charge in [-0.2, -0.15) is 0 Å². The smallest absolute Gasteiger partial charge is 0.313 e. The number of fused-ring (bicyclic) bond motifs is 5. The van der Waals surface area contributed by atoms with Crippen molar-refractivity contribution in [3.8, 4) is 0 Å². The second-order valence-electron chi connectivity index (χ2n) is 11.1. The lowest BCUT2D eigenvalue weighted by Crippen LogP contribution is -2.54. The first-order chi connectivity index (χ1) is 14.7. The number of carbonyl (C=O) groups excluding carboxylic acids is 3. The molecule has 5 nitrogen and oxygen atoms in total. The van der Waals surface area contributed by atoms with Crippen molar-refractivity contribution in [2.75, 3.05) is 6.61 Å². The van der Waals surface area contributed by atoms with Crippen LogP contribution in [-0.2, 0) is 23.9 Å². The number of esters is 2. The molecule has 0 radical (unpaired) electrons. The van der Waals surface area contributed by atoms with Crippen LogP contribution in [0.25, 0.3) is 0 Å². The topological polar surface area (TPSA) is 69.7 Å². The molecule has 0 aromatic rings. The lowest BCUT2D eigenvalue weighted by atomic mass is 9.45. The van der Waals surface area contributed by atoms with Crippen LogP contribution in [-0.4, -0.2) is 30.1 Å². The van der Waals surface area contributed by atoms with E-state index >= 15 is 0 Å². The molecule has 0 aromatic carbocycles. The second-order valence-corrected chi connectivity index (χ2v) is 11.1. The van der Waals surface area contributed by atoms with E-state index in [4.69, 9.17) is 9.47 Å². The van der Waals surface area contributed by atoms with Gasteiger partial charge < -0.3 is 9.47 Å². The molecule has 0 amide bonds. The largest absolute Gasteiger partial charge is 0.466 e. The molecule has 31 heavy (non-hydrogen) atoms. The molecule has 4 fully saturated rings. The van der Waals surface area contributed by atoms with Crippen LogP contribution in [0.15, 0.2) is 5.57 Å². The normalized spacial score (nSPS) is 44.2. The maximum Gasteiger partial charge on any atom is 0.313 e. The lowest BCUT2D eigenvalue weighted by Gasteiger charge is -2.59. The third kappa shape index (κ3) is 3.88. The third-order valence-electron chi connectivity index (χ3n) is 9.41. The Labute approximate surface area is 186 Å². The van der Waals surface area contributed by atoms with Crippen LogP contribution in [0.3, 0.4) is 0 Å². The summed E-state index contributed by atoms with van der Waals surface area (Å²) in [4.78, 5) is 36.2. The monoisotopic (exact) mass is 430 g/mol. The van der Waals surface area contributed by atoms with Gasteiger partial charge in [0.25, 0.3) is 0 Å². The van der Waals surface area contributed by atoms with Crippen molar-refractivity contribution in [1.82, 2.24) is 0 Å². The van der Waals surface area contributed by atoms with Crippen molar-refractivity contribution < 1.29 is 23.9 Å². The van der Waals surface area contributed by atoms with Gasteiger partial charge in [-0.05, 0) is 101 Å². The molecule has 0 aliphatic heterocycles. The molecule has 4 aliphatic carbocycles. The molecule has 0 heterocycles. The van der Waals surface area contributed by atoms with Crippen molar-refractivity contribution in [1.29, 1.82) is 0 Å². The summed E-state index contributed by atoms with van der Waals surface area (Å²) < 4.78 is 11.0. The molecule has 0 N–H and O–H groups in total. The molecule has 4 saturated carbocycles. The first-order valence-electron chi connectivity index (χ1n) is 12.3. The summed E-state index contributed by atoms with van der Waals surface area (Å²) in [5.41, 5.74) is 0.134. The molecule has 5 heteroatoms. The maximum atomic E-state index is 12.5. The summed E-state index contributed by atoms with van der Waals surface area (Å²) in [6.07, 6.45) is 9.19. The van der Waals surface area contributed by atoms with Crippen LogP contribution in [0.4, 0.5) is 0 Å². The van der Waals surface area contributed by atoms with Crippen LogP contribution < -0.4 is 0 Å². The molecule has 0 bridgehead atoms. The highest BCUT2D eigenvalue weighted by Crippen LogP contribution is 2.63. The Morgan fingerprint density at radius 1 is 1.00 bits per heavy atom. The summed E-state index contributed by atoms with van der Waals surface area (Å²) in [5.74, 6) is 4.48. The molecule has 172 valence electrons. The van der Waals surface area contributed by atoms with Gasteiger partial charge in [-0.3, -0.25) is 9.59 Å². The van der Waals surface area contributed by atoms with E-state index < -0.39 is 5.92 Å². The Bertz CT molecular complexity index is 783. The Balaban J connectivity index is 1.52. The number of rotatable bonds is 3.